The molecule has 2 heterocycles. The van der Waals surface area contributed by atoms with Crippen molar-refractivity contribution >= 4 is 50.0 Å². The predicted octanol–water partition coefficient (Wildman–Crippen LogP) is 3.76. The van der Waals surface area contributed by atoms with Gasteiger partial charge in [0.15, 0.2) is 5.78 Å². The van der Waals surface area contributed by atoms with E-state index in [0.29, 0.717) is 10.3 Å². The molecular formula is C26H24BrN4O3-. The van der Waals surface area contributed by atoms with Gasteiger partial charge in [-0.15, -0.1) is 0 Å². The van der Waals surface area contributed by atoms with Crippen LogP contribution in [0.15, 0.2) is 65.2 Å². The minimum atomic E-state index is -1.19. The van der Waals surface area contributed by atoms with Gasteiger partial charge in [-0.2, -0.15) is 0 Å². The van der Waals surface area contributed by atoms with E-state index in [0.717, 1.165) is 59.8 Å². The summed E-state index contributed by atoms with van der Waals surface area (Å²) in [5.41, 5.74) is 1.85. The van der Waals surface area contributed by atoms with E-state index in [2.05, 4.69) is 36.5 Å². The first-order valence-corrected chi connectivity index (χ1v) is 12.2. The van der Waals surface area contributed by atoms with Gasteiger partial charge in [0.1, 0.15) is 5.82 Å². The summed E-state index contributed by atoms with van der Waals surface area (Å²) in [7, 11) is 0. The highest BCUT2D eigenvalue weighted by molar-refractivity contribution is 9.12. The number of hydrogen-bond donors (Lipinski definition) is 2. The zero-order chi connectivity index (χ0) is 23.7. The SMILES string of the molecule is O=C([O-])[C@H](Cc1ccc(Nc2nccc3ccncc23)cc1)NC1=C(Br)C(=O)C12CCCCC2. The van der Waals surface area contributed by atoms with Gasteiger partial charge in [-0.3, -0.25) is 9.78 Å². The van der Waals surface area contributed by atoms with Crippen molar-refractivity contribution in [2.75, 3.05) is 5.32 Å². The van der Waals surface area contributed by atoms with Crippen LogP contribution in [0.4, 0.5) is 11.5 Å². The van der Waals surface area contributed by atoms with Crippen LogP contribution in [0.25, 0.3) is 10.8 Å². The summed E-state index contributed by atoms with van der Waals surface area (Å²) >= 11 is 3.36. The highest BCUT2D eigenvalue weighted by Gasteiger charge is 2.53. The first-order chi connectivity index (χ1) is 16.5. The molecule has 0 bridgehead atoms. The predicted molar refractivity (Wildman–Crippen MR) is 131 cm³/mol. The summed E-state index contributed by atoms with van der Waals surface area (Å²) < 4.78 is 0.470. The molecule has 0 aliphatic heterocycles. The first-order valence-electron chi connectivity index (χ1n) is 11.4. The molecule has 34 heavy (non-hydrogen) atoms. The molecule has 3 aromatic rings. The number of nitrogens with zero attached hydrogens (tertiary/aromatic N) is 2. The number of carbonyl (C=O) groups excluding carboxylic acids is 2. The van der Waals surface area contributed by atoms with Crippen molar-refractivity contribution in [3.63, 3.8) is 0 Å². The summed E-state index contributed by atoms with van der Waals surface area (Å²) in [6, 6.07) is 10.5. The van der Waals surface area contributed by atoms with Gasteiger partial charge in [-0.05, 0) is 70.4 Å². The maximum atomic E-state index is 12.6. The Kier molecular flexibility index (Phi) is 6.08. The van der Waals surface area contributed by atoms with Crippen molar-refractivity contribution in [3.8, 4) is 0 Å². The Balaban J connectivity index is 1.30. The summed E-state index contributed by atoms with van der Waals surface area (Å²) in [5, 5.41) is 20.3. The van der Waals surface area contributed by atoms with Crippen molar-refractivity contribution in [1.29, 1.82) is 0 Å². The molecule has 0 radical (unpaired) electrons. The smallest absolute Gasteiger partial charge is 0.183 e. The van der Waals surface area contributed by atoms with Gasteiger partial charge < -0.3 is 20.5 Å². The maximum absolute atomic E-state index is 12.6. The number of hydrogen-bond acceptors (Lipinski definition) is 7. The fraction of sp³-hybridized carbons (Fsp3) is 0.308. The molecule has 5 rings (SSSR count). The Labute approximate surface area is 205 Å². The van der Waals surface area contributed by atoms with Gasteiger partial charge in [-0.1, -0.05) is 31.4 Å². The fourth-order valence-corrected chi connectivity index (χ4v) is 5.87. The molecule has 7 nitrogen and oxygen atoms in total. The van der Waals surface area contributed by atoms with Crippen LogP contribution in [0.1, 0.15) is 37.7 Å². The molecule has 1 fully saturated rings. The number of fused-ring (bicyclic) bond motifs is 1. The number of aliphatic carboxylic acids is 1. The van der Waals surface area contributed by atoms with Gasteiger partial charge in [0.2, 0.25) is 0 Å². The molecule has 2 N–H and O–H groups in total. The first kappa shape index (κ1) is 22.5. The number of benzene rings is 1. The zero-order valence-electron chi connectivity index (χ0n) is 18.5. The fourth-order valence-electron chi connectivity index (χ4n) is 4.99. The lowest BCUT2D eigenvalue weighted by Crippen LogP contribution is -2.55. The van der Waals surface area contributed by atoms with Crippen LogP contribution in [-0.4, -0.2) is 27.8 Å². The van der Waals surface area contributed by atoms with Crippen molar-refractivity contribution in [3.05, 3.63) is 70.7 Å². The third-order valence-electron chi connectivity index (χ3n) is 6.87. The number of ketones is 1. The number of carbonyl (C=O) groups is 2. The van der Waals surface area contributed by atoms with E-state index < -0.39 is 17.4 Å². The van der Waals surface area contributed by atoms with Gasteiger partial charge in [0, 0.05) is 35.4 Å². The Hall–Kier alpha value is -3.26. The lowest BCUT2D eigenvalue weighted by molar-refractivity contribution is -0.308. The average Bonchev–Trinajstić information content (AvgIpc) is 2.87. The van der Waals surface area contributed by atoms with E-state index in [9.17, 15) is 14.7 Å². The zero-order valence-corrected chi connectivity index (χ0v) is 20.1. The highest BCUT2D eigenvalue weighted by Crippen LogP contribution is 2.53. The number of rotatable bonds is 7. The Bertz CT molecular complexity index is 1280. The number of pyridine rings is 2. The van der Waals surface area contributed by atoms with Crippen LogP contribution in [0, 0.1) is 5.41 Å². The van der Waals surface area contributed by atoms with Crippen molar-refractivity contribution in [1.82, 2.24) is 15.3 Å². The van der Waals surface area contributed by atoms with E-state index in [-0.39, 0.29) is 12.2 Å². The molecule has 1 aromatic carbocycles. The summed E-state index contributed by atoms with van der Waals surface area (Å²) in [6.45, 7) is 0. The largest absolute Gasteiger partial charge is 0.548 e. The second-order valence-corrected chi connectivity index (χ2v) is 9.75. The van der Waals surface area contributed by atoms with Gasteiger partial charge in [-0.25, -0.2) is 4.98 Å². The van der Waals surface area contributed by atoms with E-state index in [1.54, 1.807) is 18.6 Å². The number of nitrogens with one attached hydrogen (secondary N) is 2. The van der Waals surface area contributed by atoms with Gasteiger partial charge >= 0.3 is 0 Å². The Morgan fingerprint density at radius 3 is 2.56 bits per heavy atom. The number of anilines is 2. The molecule has 2 aromatic heterocycles. The van der Waals surface area contributed by atoms with E-state index in [4.69, 9.17) is 0 Å². The normalized spacial score (nSPS) is 18.0. The number of allylic oxidation sites excluding steroid dienone is 2. The van der Waals surface area contributed by atoms with Crippen LogP contribution < -0.4 is 15.7 Å². The standard InChI is InChI=1S/C26H25BrN4O3/c27-21-22(26(23(21)32)10-2-1-3-11-26)31-20(25(33)34)14-16-4-6-18(7-5-16)30-24-19-15-28-12-8-17(19)9-13-29-24/h4-9,12-13,15,20,31H,1-3,10-11,14H2,(H,29,30)(H,33,34)/p-1/t20-/m0/s1. The lowest BCUT2D eigenvalue weighted by Gasteiger charge is -2.46. The third-order valence-corrected chi connectivity index (χ3v) is 7.62. The van der Waals surface area contributed by atoms with Crippen molar-refractivity contribution in [2.45, 2.75) is 44.6 Å². The molecule has 0 unspecified atom stereocenters. The molecule has 8 heteroatoms. The molecule has 174 valence electrons. The topological polar surface area (TPSA) is 107 Å². The number of aromatic nitrogens is 2. The molecule has 1 atom stereocenters. The van der Waals surface area contributed by atoms with Crippen molar-refractivity contribution < 1.29 is 14.7 Å². The second kappa shape index (κ2) is 9.18. The Morgan fingerprint density at radius 2 is 1.82 bits per heavy atom. The summed E-state index contributed by atoms with van der Waals surface area (Å²) in [5.74, 6) is -0.399. The molecule has 1 spiro atoms. The van der Waals surface area contributed by atoms with Crippen LogP contribution in [0.3, 0.4) is 0 Å². The second-order valence-electron chi connectivity index (χ2n) is 8.96. The Morgan fingerprint density at radius 1 is 1.09 bits per heavy atom. The van der Waals surface area contributed by atoms with Crippen molar-refractivity contribution in [2.24, 2.45) is 5.41 Å². The van der Waals surface area contributed by atoms with Crippen LogP contribution in [-0.2, 0) is 16.0 Å². The number of carboxylic acid groups (broad SMARTS) is 1. The highest BCUT2D eigenvalue weighted by atomic mass is 79.9. The van der Waals surface area contributed by atoms with Crippen LogP contribution in [0.5, 0.6) is 0 Å². The number of halogens is 1. The minimum Gasteiger partial charge on any atom is -0.548 e. The molecular weight excluding hydrogens is 496 g/mol. The molecule has 0 saturated heterocycles. The maximum Gasteiger partial charge on any atom is 0.183 e. The molecule has 1 saturated carbocycles. The molecule has 2 aliphatic carbocycles. The molecule has 2 aliphatic rings. The van der Waals surface area contributed by atoms with E-state index in [1.807, 2.05) is 36.4 Å². The van der Waals surface area contributed by atoms with Crippen LogP contribution in [0.2, 0.25) is 0 Å². The average molecular weight is 520 g/mol. The number of Topliss-reactive ketones (excluding diaryl/α,β-unsaturated/α-hetero) is 1. The molecule has 0 amide bonds. The summed E-state index contributed by atoms with van der Waals surface area (Å²) in [6.07, 6.45) is 10.1. The number of carboxylic acids is 1. The van der Waals surface area contributed by atoms with Crippen LogP contribution >= 0.6 is 15.9 Å². The van der Waals surface area contributed by atoms with E-state index in [1.165, 1.54) is 0 Å². The lowest BCUT2D eigenvalue weighted by atomic mass is 9.62. The van der Waals surface area contributed by atoms with Gasteiger partial charge in [0.05, 0.1) is 21.9 Å². The summed E-state index contributed by atoms with van der Waals surface area (Å²) in [4.78, 5) is 33.1. The monoisotopic (exact) mass is 519 g/mol. The van der Waals surface area contributed by atoms with Gasteiger partial charge in [0.25, 0.3) is 0 Å². The van der Waals surface area contributed by atoms with E-state index >= 15 is 0 Å². The minimum absolute atomic E-state index is 0.0828. The third kappa shape index (κ3) is 4.07. The quantitative estimate of drug-likeness (QED) is 0.489.